The number of benzene rings is 4. The standard InChI is InChI=1S/C37H20N4O/c1-2-9-22-21(8-1)20-38-27-12-7-19-40-36(27)31-25(34(22)38)15-17-28-32(31)37(40)33-29(42-28)16-14-24-23-10-3-4-11-26(23)41(35(24)33)30-13-5-6-18-39(30)37/h1-20H/q+2. The highest BCUT2D eigenvalue weighted by atomic mass is 16.5. The molecule has 0 saturated heterocycles. The smallest absolute Gasteiger partial charge is 0.374 e. The molecular formula is C37H20N4O+2. The van der Waals surface area contributed by atoms with E-state index in [9.17, 15) is 0 Å². The van der Waals surface area contributed by atoms with E-state index in [2.05, 4.69) is 140 Å². The Morgan fingerprint density at radius 2 is 1.33 bits per heavy atom. The summed E-state index contributed by atoms with van der Waals surface area (Å²) in [6.45, 7) is 0. The van der Waals surface area contributed by atoms with Crippen molar-refractivity contribution in [2.45, 2.75) is 5.66 Å². The van der Waals surface area contributed by atoms with Gasteiger partial charge in [-0.1, -0.05) is 42.5 Å². The van der Waals surface area contributed by atoms with Crippen molar-refractivity contribution >= 4 is 59.9 Å². The molecule has 9 aromatic rings. The van der Waals surface area contributed by atoms with Crippen LogP contribution in [-0.4, -0.2) is 8.97 Å². The number of ether oxygens (including phenoxy) is 1. The van der Waals surface area contributed by atoms with Gasteiger partial charge in [-0.15, -0.1) is 4.57 Å². The average Bonchev–Trinajstić information content (AvgIpc) is 3.70. The summed E-state index contributed by atoms with van der Waals surface area (Å²) < 4.78 is 16.8. The molecule has 0 fully saturated rings. The Labute approximate surface area is 238 Å². The molecule has 0 saturated carbocycles. The Morgan fingerprint density at radius 3 is 2.29 bits per heavy atom. The molecule has 4 aromatic carbocycles. The van der Waals surface area contributed by atoms with E-state index in [1.54, 1.807) is 0 Å². The van der Waals surface area contributed by atoms with Crippen LogP contribution in [0, 0.1) is 0 Å². The maximum absolute atomic E-state index is 6.90. The first kappa shape index (κ1) is 20.2. The van der Waals surface area contributed by atoms with Gasteiger partial charge in [-0.3, -0.25) is 0 Å². The fourth-order valence-corrected chi connectivity index (χ4v) is 8.72. The number of fused-ring (bicyclic) bond motifs is 10. The summed E-state index contributed by atoms with van der Waals surface area (Å²) in [6, 6.07) is 37.4. The van der Waals surface area contributed by atoms with Crippen LogP contribution in [0.5, 0.6) is 11.5 Å². The van der Waals surface area contributed by atoms with E-state index >= 15 is 0 Å². The minimum Gasteiger partial charge on any atom is -0.456 e. The van der Waals surface area contributed by atoms with E-state index in [1.807, 2.05) is 0 Å². The molecule has 192 valence electrons. The zero-order valence-corrected chi connectivity index (χ0v) is 22.2. The van der Waals surface area contributed by atoms with E-state index < -0.39 is 5.66 Å². The second-order valence-corrected chi connectivity index (χ2v) is 11.8. The molecule has 5 heteroatoms. The molecule has 0 aliphatic carbocycles. The van der Waals surface area contributed by atoms with Crippen molar-refractivity contribution in [1.82, 2.24) is 8.97 Å². The van der Waals surface area contributed by atoms with E-state index in [4.69, 9.17) is 4.74 Å². The number of rotatable bonds is 0. The van der Waals surface area contributed by atoms with Crippen LogP contribution in [-0.2, 0) is 5.66 Å². The lowest BCUT2D eigenvalue weighted by Gasteiger charge is -2.34. The van der Waals surface area contributed by atoms with Gasteiger partial charge in [-0.25, -0.2) is 0 Å². The summed E-state index contributed by atoms with van der Waals surface area (Å²) in [5, 5.41) is 7.55. The van der Waals surface area contributed by atoms with Gasteiger partial charge in [-0.2, -0.15) is 9.13 Å². The summed E-state index contributed by atoms with van der Waals surface area (Å²) in [5.41, 5.74) is 7.89. The SMILES string of the molecule is c1cc[n+]2c(c1)-n1c3ccccc3c3ccc4c(c31)C21c2c(ccc3c2c2c(ccc[n+]21)n1cc2ccccc2c31)O4. The van der Waals surface area contributed by atoms with Crippen LogP contribution in [0.1, 0.15) is 11.1 Å². The first-order chi connectivity index (χ1) is 20.9. The number of hydrogen-bond acceptors (Lipinski definition) is 1. The molecule has 42 heavy (non-hydrogen) atoms. The predicted molar refractivity (Wildman–Crippen MR) is 163 cm³/mol. The molecule has 5 aromatic heterocycles. The van der Waals surface area contributed by atoms with Crippen molar-refractivity contribution in [3.05, 3.63) is 133 Å². The van der Waals surface area contributed by atoms with Gasteiger partial charge in [0, 0.05) is 45.3 Å². The first-order valence-electron chi connectivity index (χ1n) is 14.5. The van der Waals surface area contributed by atoms with Crippen molar-refractivity contribution in [2.24, 2.45) is 0 Å². The number of pyridine rings is 3. The molecule has 3 aliphatic heterocycles. The third-order valence-electron chi connectivity index (χ3n) is 10.1. The number of hydrogen-bond donors (Lipinski definition) is 0. The predicted octanol–water partition coefficient (Wildman–Crippen LogP) is 7.10. The van der Waals surface area contributed by atoms with Crippen LogP contribution < -0.4 is 13.9 Å². The van der Waals surface area contributed by atoms with Crippen LogP contribution in [0.3, 0.4) is 0 Å². The van der Waals surface area contributed by atoms with Crippen LogP contribution in [0.15, 0.2) is 122 Å². The van der Waals surface area contributed by atoms with Crippen molar-refractivity contribution in [2.75, 3.05) is 0 Å². The van der Waals surface area contributed by atoms with Crippen molar-refractivity contribution < 1.29 is 13.9 Å². The molecule has 1 spiro atoms. The van der Waals surface area contributed by atoms with Gasteiger partial charge in [0.15, 0.2) is 17.3 Å². The fourth-order valence-electron chi connectivity index (χ4n) is 8.72. The molecule has 0 N–H and O–H groups in total. The second kappa shape index (κ2) is 6.29. The Kier molecular flexibility index (Phi) is 3.03. The van der Waals surface area contributed by atoms with Gasteiger partial charge in [-0.05, 0) is 48.5 Å². The summed E-state index contributed by atoms with van der Waals surface area (Å²) in [5.74, 6) is 2.98. The van der Waals surface area contributed by atoms with E-state index in [0.717, 1.165) is 17.3 Å². The van der Waals surface area contributed by atoms with Crippen LogP contribution >= 0.6 is 0 Å². The van der Waals surface area contributed by atoms with Crippen molar-refractivity contribution in [3.8, 4) is 17.3 Å². The minimum absolute atomic E-state index is 0.639. The van der Waals surface area contributed by atoms with Gasteiger partial charge in [0.05, 0.1) is 17.1 Å². The summed E-state index contributed by atoms with van der Waals surface area (Å²) in [7, 11) is 0. The van der Waals surface area contributed by atoms with E-state index in [1.165, 1.54) is 71.0 Å². The largest absolute Gasteiger partial charge is 0.456 e. The summed E-state index contributed by atoms with van der Waals surface area (Å²) in [4.78, 5) is 0. The van der Waals surface area contributed by atoms with Gasteiger partial charge >= 0.3 is 5.66 Å². The van der Waals surface area contributed by atoms with Crippen molar-refractivity contribution in [3.63, 3.8) is 0 Å². The van der Waals surface area contributed by atoms with Crippen LogP contribution in [0.2, 0.25) is 0 Å². The zero-order chi connectivity index (χ0) is 26.9. The Morgan fingerprint density at radius 1 is 0.571 bits per heavy atom. The highest BCUT2D eigenvalue weighted by Crippen LogP contribution is 2.57. The molecule has 5 nitrogen and oxygen atoms in total. The molecule has 0 radical (unpaired) electrons. The normalized spacial score (nSPS) is 17.3. The molecule has 1 unspecified atom stereocenters. The highest BCUT2D eigenvalue weighted by molar-refractivity contribution is 6.21. The first-order valence-corrected chi connectivity index (χ1v) is 14.5. The third-order valence-corrected chi connectivity index (χ3v) is 10.1. The Balaban J connectivity index is 1.42. The number of aromatic nitrogens is 4. The molecule has 1 atom stereocenters. The maximum Gasteiger partial charge on any atom is 0.374 e. The topological polar surface area (TPSA) is 26.3 Å². The molecule has 0 bridgehead atoms. The van der Waals surface area contributed by atoms with Gasteiger partial charge in [0.1, 0.15) is 28.1 Å². The molecule has 8 heterocycles. The quantitative estimate of drug-likeness (QED) is 0.150. The molecule has 12 rings (SSSR count). The summed E-state index contributed by atoms with van der Waals surface area (Å²) in [6.07, 6.45) is 6.82. The lowest BCUT2D eigenvalue weighted by Crippen LogP contribution is -2.75. The lowest BCUT2D eigenvalue weighted by atomic mass is 9.83. The molecule has 3 aliphatic rings. The van der Waals surface area contributed by atoms with Crippen molar-refractivity contribution in [1.29, 1.82) is 0 Å². The lowest BCUT2D eigenvalue weighted by molar-refractivity contribution is -0.956. The number of para-hydroxylation sites is 1. The zero-order valence-electron chi connectivity index (χ0n) is 22.2. The Hall–Kier alpha value is -5.68. The second-order valence-electron chi connectivity index (χ2n) is 11.8. The van der Waals surface area contributed by atoms with Gasteiger partial charge in [0.2, 0.25) is 5.52 Å². The Bertz CT molecular complexity index is 2780. The highest BCUT2D eigenvalue weighted by Gasteiger charge is 2.66. The fraction of sp³-hybridized carbons (Fsp3) is 0.0270. The van der Waals surface area contributed by atoms with Gasteiger partial charge in [0.25, 0.3) is 5.82 Å². The molecule has 0 amide bonds. The summed E-state index contributed by atoms with van der Waals surface area (Å²) >= 11 is 0. The van der Waals surface area contributed by atoms with Crippen LogP contribution in [0.4, 0.5) is 0 Å². The molecular weight excluding hydrogens is 516 g/mol. The van der Waals surface area contributed by atoms with E-state index in [0.29, 0.717) is 0 Å². The average molecular weight is 537 g/mol. The third kappa shape index (κ3) is 1.85. The van der Waals surface area contributed by atoms with Gasteiger partial charge < -0.3 is 9.14 Å². The minimum atomic E-state index is -0.639. The van der Waals surface area contributed by atoms with Crippen LogP contribution in [0.25, 0.3) is 65.7 Å². The van der Waals surface area contributed by atoms with E-state index in [-0.39, 0.29) is 0 Å². The monoisotopic (exact) mass is 536 g/mol. The maximum atomic E-state index is 6.90. The number of nitrogens with zero attached hydrogens (tertiary/aromatic N) is 4.